The maximum absolute atomic E-state index is 12.0. The molecular weight excluding hydrogens is 414 g/mol. The van der Waals surface area contributed by atoms with Crippen LogP contribution in [-0.2, 0) is 11.4 Å². The first-order valence-electron chi connectivity index (χ1n) is 11.4. The highest BCUT2D eigenvalue weighted by Gasteiger charge is 2.27. The number of anilines is 2. The van der Waals surface area contributed by atoms with E-state index in [1.165, 1.54) is 19.1 Å². The number of unbranched alkanes of at least 4 members (excludes halogenated alkanes) is 1. The lowest BCUT2D eigenvalue weighted by molar-refractivity contribution is -0.119. The molecule has 7 heteroatoms. The fourth-order valence-corrected chi connectivity index (χ4v) is 3.80. The smallest absolute Gasteiger partial charge is 0.226 e. The number of aliphatic hydroxyl groups excluding tert-OH is 1. The molecule has 0 aliphatic carbocycles. The normalized spacial score (nSPS) is 12.5. The molecule has 0 fully saturated rings. The molecule has 7 nitrogen and oxygen atoms in total. The average molecular weight is 452 g/mol. The van der Waals surface area contributed by atoms with Crippen molar-refractivity contribution in [1.82, 2.24) is 4.98 Å². The zero-order chi connectivity index (χ0) is 24.7. The zero-order valence-electron chi connectivity index (χ0n) is 20.3. The molecule has 2 aromatic carbocycles. The first kappa shape index (κ1) is 25.9. The van der Waals surface area contributed by atoms with Gasteiger partial charge in [-0.15, -0.1) is 0 Å². The minimum Gasteiger partial charge on any atom is -0.398 e. The van der Waals surface area contributed by atoms with E-state index in [1.807, 2.05) is 49.2 Å². The van der Waals surface area contributed by atoms with Gasteiger partial charge in [0.1, 0.15) is 0 Å². The third kappa shape index (κ3) is 5.37. The quantitative estimate of drug-likeness (QED) is 0.248. The Morgan fingerprint density at radius 2 is 1.82 bits per heavy atom. The third-order valence-electron chi connectivity index (χ3n) is 6.15. The molecule has 2 unspecified atom stereocenters. The Balaban J connectivity index is 0.000000890. The first-order valence-corrected chi connectivity index (χ1v) is 11.4. The number of hydrogen-bond acceptors (Lipinski definition) is 5. The maximum Gasteiger partial charge on any atom is 0.226 e. The highest BCUT2D eigenvalue weighted by molar-refractivity contribution is 6.10. The van der Waals surface area contributed by atoms with Gasteiger partial charge in [0.15, 0.2) is 0 Å². The molecule has 1 amide bonds. The van der Waals surface area contributed by atoms with Crippen LogP contribution in [0.1, 0.15) is 74.9 Å². The number of aromatic amines is 1. The summed E-state index contributed by atoms with van der Waals surface area (Å²) in [6.45, 7) is 8.08. The molecule has 2 atom stereocenters. The van der Waals surface area contributed by atoms with E-state index < -0.39 is 11.8 Å². The Labute approximate surface area is 196 Å². The lowest BCUT2D eigenvalue weighted by atomic mass is 9.97. The predicted octanol–water partition coefficient (Wildman–Crippen LogP) is 4.83. The Morgan fingerprint density at radius 1 is 1.18 bits per heavy atom. The molecule has 33 heavy (non-hydrogen) atoms. The summed E-state index contributed by atoms with van der Waals surface area (Å²) in [6.07, 6.45) is 3.87. The number of nitrogens with two attached hydrogens (primary N) is 2. The van der Waals surface area contributed by atoms with Gasteiger partial charge < -0.3 is 31.9 Å². The number of carbonyl (C=O) groups excluding carboxylic acids is 1. The zero-order valence-corrected chi connectivity index (χ0v) is 20.3. The number of benzene rings is 2. The van der Waals surface area contributed by atoms with Crippen LogP contribution in [0.15, 0.2) is 36.4 Å². The Bertz CT molecular complexity index is 1100. The number of carbonyl (C=O) groups is 1. The molecule has 0 saturated heterocycles. The van der Waals surface area contributed by atoms with Crippen molar-refractivity contribution in [3.8, 4) is 0 Å². The number of aromatic nitrogens is 1. The SMILES string of the molecule is CC(C(N)=O)c1[nH]c2ccc(N)c(C=N)c2c1N(C)C(C)c1ccccc1CO.CCCC. The largest absolute Gasteiger partial charge is 0.398 e. The van der Waals surface area contributed by atoms with Gasteiger partial charge in [-0.2, -0.15) is 0 Å². The van der Waals surface area contributed by atoms with Crippen molar-refractivity contribution in [3.63, 3.8) is 0 Å². The van der Waals surface area contributed by atoms with Crippen LogP contribution in [0, 0.1) is 5.41 Å². The summed E-state index contributed by atoms with van der Waals surface area (Å²) in [5, 5.41) is 18.4. The lowest BCUT2D eigenvalue weighted by Crippen LogP contribution is -2.26. The molecule has 178 valence electrons. The van der Waals surface area contributed by atoms with Crippen LogP contribution in [0.5, 0.6) is 0 Å². The van der Waals surface area contributed by atoms with Gasteiger partial charge in [0.05, 0.1) is 29.9 Å². The van der Waals surface area contributed by atoms with Gasteiger partial charge in [-0.25, -0.2) is 0 Å². The number of nitrogens with one attached hydrogen (secondary N) is 2. The Kier molecular flexibility index (Phi) is 9.05. The molecule has 3 rings (SSSR count). The number of nitrogens with zero attached hydrogens (tertiary/aromatic N) is 1. The lowest BCUT2D eigenvalue weighted by Gasteiger charge is -2.30. The monoisotopic (exact) mass is 451 g/mol. The summed E-state index contributed by atoms with van der Waals surface area (Å²) in [6, 6.07) is 11.2. The van der Waals surface area contributed by atoms with E-state index >= 15 is 0 Å². The van der Waals surface area contributed by atoms with Crippen LogP contribution < -0.4 is 16.4 Å². The van der Waals surface area contributed by atoms with Crippen molar-refractivity contribution in [1.29, 1.82) is 5.41 Å². The van der Waals surface area contributed by atoms with Crippen molar-refractivity contribution in [2.75, 3.05) is 17.7 Å². The van der Waals surface area contributed by atoms with Crippen molar-refractivity contribution in [3.05, 3.63) is 58.8 Å². The second-order valence-electron chi connectivity index (χ2n) is 8.29. The van der Waals surface area contributed by atoms with Gasteiger partial charge >= 0.3 is 0 Å². The van der Waals surface area contributed by atoms with Crippen molar-refractivity contribution >= 4 is 34.4 Å². The van der Waals surface area contributed by atoms with E-state index in [-0.39, 0.29) is 12.6 Å². The van der Waals surface area contributed by atoms with Gasteiger partial charge in [0.25, 0.3) is 0 Å². The predicted molar refractivity (Wildman–Crippen MR) is 138 cm³/mol. The molecular formula is C26H37N5O2. The number of fused-ring (bicyclic) bond motifs is 1. The molecule has 0 spiro atoms. The van der Waals surface area contributed by atoms with E-state index in [2.05, 4.69) is 18.8 Å². The fourth-order valence-electron chi connectivity index (χ4n) is 3.80. The van der Waals surface area contributed by atoms with Crippen LogP contribution in [0.25, 0.3) is 10.9 Å². The number of primary amides is 1. The second kappa shape index (κ2) is 11.5. The van der Waals surface area contributed by atoms with E-state index in [9.17, 15) is 9.90 Å². The van der Waals surface area contributed by atoms with Crippen LogP contribution >= 0.6 is 0 Å². The van der Waals surface area contributed by atoms with E-state index in [1.54, 1.807) is 13.0 Å². The van der Waals surface area contributed by atoms with Gasteiger partial charge in [-0.05, 0) is 37.1 Å². The van der Waals surface area contributed by atoms with E-state index in [0.717, 1.165) is 27.7 Å². The minimum atomic E-state index is -0.556. The summed E-state index contributed by atoms with van der Waals surface area (Å²) in [7, 11) is 1.93. The Hall–Kier alpha value is -3.32. The number of aliphatic hydroxyl groups is 1. The standard InChI is InChI=1S/C22H27N5O2.C4H10/c1-12(22(25)29)20-21(19-16(10-23)17(24)8-9-18(19)26-20)27(3)13(2)15-7-5-4-6-14(15)11-28;1-3-4-2/h4-10,12-13,23,26,28H,11,24H2,1-3H3,(H2,25,29);3-4H2,1-2H3. The molecule has 0 radical (unpaired) electrons. The van der Waals surface area contributed by atoms with Crippen molar-refractivity contribution in [2.24, 2.45) is 5.73 Å². The van der Waals surface area contributed by atoms with E-state index in [0.29, 0.717) is 16.9 Å². The molecule has 0 aliphatic rings. The molecule has 7 N–H and O–H groups in total. The van der Waals surface area contributed by atoms with Crippen LogP contribution in [0.4, 0.5) is 11.4 Å². The molecule has 1 heterocycles. The van der Waals surface area contributed by atoms with Gasteiger partial charge in [0, 0.05) is 35.4 Å². The highest BCUT2D eigenvalue weighted by Crippen LogP contribution is 2.41. The van der Waals surface area contributed by atoms with Crippen molar-refractivity contribution in [2.45, 2.75) is 59.1 Å². The highest BCUT2D eigenvalue weighted by atomic mass is 16.3. The number of hydrogen-bond donors (Lipinski definition) is 5. The van der Waals surface area contributed by atoms with Crippen LogP contribution in [0.3, 0.4) is 0 Å². The molecule has 0 aliphatic heterocycles. The summed E-state index contributed by atoms with van der Waals surface area (Å²) in [5.41, 5.74) is 16.9. The van der Waals surface area contributed by atoms with Crippen molar-refractivity contribution < 1.29 is 9.90 Å². The fraction of sp³-hybridized carbons (Fsp3) is 0.385. The minimum absolute atomic E-state index is 0.0640. The summed E-state index contributed by atoms with van der Waals surface area (Å²) in [5.74, 6) is -1.00. The third-order valence-corrected chi connectivity index (χ3v) is 6.15. The molecule has 3 aromatic rings. The second-order valence-corrected chi connectivity index (χ2v) is 8.29. The summed E-state index contributed by atoms with van der Waals surface area (Å²) < 4.78 is 0. The maximum atomic E-state index is 12.0. The van der Waals surface area contributed by atoms with E-state index in [4.69, 9.17) is 16.9 Å². The Morgan fingerprint density at radius 3 is 2.36 bits per heavy atom. The van der Waals surface area contributed by atoms with Gasteiger partial charge in [-0.1, -0.05) is 51.0 Å². The number of rotatable bonds is 8. The molecule has 0 bridgehead atoms. The van der Waals surface area contributed by atoms with Crippen LogP contribution in [-0.4, -0.2) is 29.3 Å². The molecule has 0 saturated carbocycles. The summed E-state index contributed by atoms with van der Waals surface area (Å²) in [4.78, 5) is 17.3. The van der Waals surface area contributed by atoms with Crippen LogP contribution in [0.2, 0.25) is 0 Å². The summed E-state index contributed by atoms with van der Waals surface area (Å²) >= 11 is 0. The first-order chi connectivity index (χ1) is 15.7. The average Bonchev–Trinajstić information content (AvgIpc) is 3.22. The van der Waals surface area contributed by atoms with Gasteiger partial charge in [0.2, 0.25) is 5.91 Å². The van der Waals surface area contributed by atoms with Gasteiger partial charge in [-0.3, -0.25) is 4.79 Å². The number of amides is 1. The number of nitrogen functional groups attached to an aromatic ring is 1. The molecule has 1 aromatic heterocycles. The number of H-pyrrole nitrogens is 1. The topological polar surface area (TPSA) is 132 Å².